The van der Waals surface area contributed by atoms with Crippen molar-refractivity contribution in [2.75, 3.05) is 0 Å². The molecule has 22 heavy (non-hydrogen) atoms. The molecule has 1 aliphatic heterocycles. The lowest BCUT2D eigenvalue weighted by Crippen LogP contribution is -3.01. The van der Waals surface area contributed by atoms with Gasteiger partial charge in [0.05, 0.1) is 0 Å². The van der Waals surface area contributed by atoms with Crippen molar-refractivity contribution in [3.63, 3.8) is 0 Å². The molecule has 0 amide bonds. The van der Waals surface area contributed by atoms with Crippen LogP contribution in [0.1, 0.15) is 62.3 Å². The number of hydrogen-bond donors (Lipinski definition) is 2. The highest BCUT2D eigenvalue weighted by atomic mass is 28.5. The first kappa shape index (κ1) is 20.5. The van der Waals surface area contributed by atoms with Crippen molar-refractivity contribution >= 4 is 25.5 Å². The van der Waals surface area contributed by atoms with Gasteiger partial charge in [0, 0.05) is 5.54 Å². The molecule has 1 fully saturated rings. The van der Waals surface area contributed by atoms with E-state index in [0.717, 1.165) is 0 Å². The molecule has 132 valence electrons. The van der Waals surface area contributed by atoms with E-state index in [-0.39, 0.29) is 15.6 Å². The summed E-state index contributed by atoms with van der Waals surface area (Å²) in [4.78, 5) is 0. The SMILES string of the molecule is CC(C)(C)N([Si](C)(C)C)[Si]1(F)N[Si](C(C)(C)C)(C(C)(C)C)N1. The second kappa shape index (κ2) is 5.23. The standard InChI is InChI=1S/C15H38FN3Si3/c1-13(2,3)19(20(10,11)12)22(16)17-21(18-22,14(4,5)6)15(7,8)9/h17-18H,1-12H3. The Hall–Kier alpha value is 0.461. The lowest BCUT2D eigenvalue weighted by atomic mass is 10.1. The molecule has 0 radical (unpaired) electrons. The van der Waals surface area contributed by atoms with Crippen molar-refractivity contribution in [1.82, 2.24) is 13.5 Å². The van der Waals surface area contributed by atoms with Crippen LogP contribution in [-0.2, 0) is 0 Å². The van der Waals surface area contributed by atoms with Gasteiger partial charge in [0.25, 0.3) is 0 Å². The topological polar surface area (TPSA) is 27.3 Å². The maximum atomic E-state index is 16.0. The molecular formula is C15H38FN3Si3. The molecule has 0 aromatic rings. The molecule has 3 nitrogen and oxygen atoms in total. The summed E-state index contributed by atoms with van der Waals surface area (Å²) in [6.45, 7) is 26.6. The molecule has 0 bridgehead atoms. The molecule has 0 aromatic heterocycles. The normalized spacial score (nSPS) is 22.6. The van der Waals surface area contributed by atoms with Gasteiger partial charge in [-0.25, -0.2) is 0 Å². The van der Waals surface area contributed by atoms with Crippen LogP contribution >= 0.6 is 0 Å². The van der Waals surface area contributed by atoms with Crippen LogP contribution in [0.5, 0.6) is 0 Å². The van der Waals surface area contributed by atoms with Crippen molar-refractivity contribution in [3.05, 3.63) is 0 Å². The Morgan fingerprint density at radius 3 is 1.27 bits per heavy atom. The summed E-state index contributed by atoms with van der Waals surface area (Å²) in [6.07, 6.45) is 0. The third-order valence-corrected chi connectivity index (χ3v) is 21.0. The van der Waals surface area contributed by atoms with E-state index in [9.17, 15) is 0 Å². The highest BCUT2D eigenvalue weighted by Gasteiger charge is 2.73. The van der Waals surface area contributed by atoms with Crippen LogP contribution in [-0.4, -0.2) is 35.3 Å². The Labute approximate surface area is 141 Å². The molecule has 2 N–H and O–H groups in total. The van der Waals surface area contributed by atoms with Gasteiger partial charge in [-0.15, -0.1) is 0 Å². The van der Waals surface area contributed by atoms with E-state index in [1.807, 2.05) is 0 Å². The Morgan fingerprint density at radius 1 is 0.773 bits per heavy atom. The summed E-state index contributed by atoms with van der Waals surface area (Å²) in [7, 11) is -7.22. The van der Waals surface area contributed by atoms with E-state index in [1.54, 1.807) is 0 Å². The zero-order chi connectivity index (χ0) is 18.0. The molecule has 1 saturated heterocycles. The van der Waals surface area contributed by atoms with Gasteiger partial charge in [-0.3, -0.25) is 17.6 Å². The maximum Gasteiger partial charge on any atom is 0.466 e. The Balaban J connectivity index is 3.27. The Bertz CT molecular complexity index is 391. The molecule has 1 rings (SSSR count). The van der Waals surface area contributed by atoms with Gasteiger partial charge >= 0.3 is 8.89 Å². The molecule has 0 atom stereocenters. The Morgan fingerprint density at radius 2 is 1.09 bits per heavy atom. The fraction of sp³-hybridized carbons (Fsp3) is 1.00. The molecule has 0 aliphatic carbocycles. The van der Waals surface area contributed by atoms with Crippen molar-refractivity contribution in [3.8, 4) is 0 Å². The van der Waals surface area contributed by atoms with Gasteiger partial charge in [0.15, 0.2) is 0 Å². The Kier molecular flexibility index (Phi) is 4.87. The minimum absolute atomic E-state index is 0.0663. The fourth-order valence-electron chi connectivity index (χ4n) is 4.41. The minimum Gasteiger partial charge on any atom is -0.297 e. The largest absolute Gasteiger partial charge is 0.466 e. The summed E-state index contributed by atoms with van der Waals surface area (Å²) in [6, 6.07) is 0. The quantitative estimate of drug-likeness (QED) is 0.556. The van der Waals surface area contributed by atoms with Gasteiger partial charge in [-0.2, -0.15) is 0 Å². The molecule has 0 saturated carbocycles. The van der Waals surface area contributed by atoms with Crippen LogP contribution in [0, 0.1) is 0 Å². The zero-order valence-corrected chi connectivity index (χ0v) is 19.8. The summed E-state index contributed by atoms with van der Waals surface area (Å²) < 4.78 is 25.5. The highest BCUT2D eigenvalue weighted by Crippen LogP contribution is 2.53. The first-order valence-corrected chi connectivity index (χ1v) is 15.6. The summed E-state index contributed by atoms with van der Waals surface area (Å²) >= 11 is 0. The van der Waals surface area contributed by atoms with Crippen LogP contribution in [0.3, 0.4) is 0 Å². The fourth-order valence-corrected chi connectivity index (χ4v) is 25.2. The zero-order valence-electron chi connectivity index (χ0n) is 16.8. The third kappa shape index (κ3) is 3.30. The number of rotatable bonds is 2. The number of nitrogens with zero attached hydrogens (tertiary/aromatic N) is 1. The third-order valence-electron chi connectivity index (χ3n) is 4.61. The maximum absolute atomic E-state index is 16.0. The predicted molar refractivity (Wildman–Crippen MR) is 103 cm³/mol. The van der Waals surface area contributed by atoms with E-state index in [0.29, 0.717) is 0 Å². The van der Waals surface area contributed by atoms with Crippen LogP contribution in [0.15, 0.2) is 0 Å². The van der Waals surface area contributed by atoms with Crippen LogP contribution in [0.4, 0.5) is 4.11 Å². The summed E-state index contributed by atoms with van der Waals surface area (Å²) in [5.41, 5.74) is -0.165. The molecule has 1 heterocycles. The van der Waals surface area contributed by atoms with E-state index in [1.165, 1.54) is 0 Å². The molecule has 0 spiro atoms. The second-order valence-electron chi connectivity index (χ2n) is 10.8. The smallest absolute Gasteiger partial charge is 0.297 e. The second-order valence-corrected chi connectivity index (χ2v) is 24.2. The monoisotopic (exact) mass is 363 g/mol. The van der Waals surface area contributed by atoms with Crippen LogP contribution in [0.25, 0.3) is 0 Å². The molecule has 0 aromatic carbocycles. The van der Waals surface area contributed by atoms with Crippen LogP contribution in [0.2, 0.25) is 29.7 Å². The number of halogens is 1. The van der Waals surface area contributed by atoms with E-state index in [2.05, 4.69) is 95.5 Å². The first-order chi connectivity index (χ1) is 9.28. The van der Waals surface area contributed by atoms with Crippen molar-refractivity contribution in [1.29, 1.82) is 0 Å². The summed E-state index contributed by atoms with van der Waals surface area (Å²) in [5, 5.41) is 0.133. The predicted octanol–water partition coefficient (Wildman–Crippen LogP) is 4.56. The van der Waals surface area contributed by atoms with Gasteiger partial charge in [-0.1, -0.05) is 61.2 Å². The van der Waals surface area contributed by atoms with E-state index >= 15 is 4.11 Å². The van der Waals surface area contributed by atoms with E-state index in [4.69, 9.17) is 0 Å². The van der Waals surface area contributed by atoms with Crippen LogP contribution < -0.4 is 9.30 Å². The van der Waals surface area contributed by atoms with Gasteiger partial charge < -0.3 is 0 Å². The van der Waals surface area contributed by atoms with Crippen molar-refractivity contribution in [2.24, 2.45) is 0 Å². The lowest BCUT2D eigenvalue weighted by molar-refractivity contribution is 0.300. The van der Waals surface area contributed by atoms with Crippen molar-refractivity contribution < 1.29 is 4.11 Å². The van der Waals surface area contributed by atoms with Gasteiger partial charge in [-0.05, 0) is 30.8 Å². The summed E-state index contributed by atoms with van der Waals surface area (Å²) in [5.74, 6) is 0. The molecule has 7 heteroatoms. The molecular weight excluding hydrogens is 325 g/mol. The van der Waals surface area contributed by atoms with Gasteiger partial charge in [0.1, 0.15) is 8.24 Å². The molecule has 1 aliphatic rings. The number of nitrogens with one attached hydrogen (secondary N) is 2. The van der Waals surface area contributed by atoms with Crippen molar-refractivity contribution in [2.45, 2.75) is 97.6 Å². The number of hydrogen-bond acceptors (Lipinski definition) is 3. The average molecular weight is 364 g/mol. The lowest BCUT2D eigenvalue weighted by Gasteiger charge is -2.67. The van der Waals surface area contributed by atoms with Gasteiger partial charge in [0.2, 0.25) is 8.40 Å². The highest BCUT2D eigenvalue weighted by molar-refractivity contribution is 7.08. The molecule has 0 unspecified atom stereocenters. The first-order valence-electron chi connectivity index (χ1n) is 8.36. The van der Waals surface area contributed by atoms with E-state index < -0.39 is 25.5 Å². The minimum atomic E-state index is -3.30. The average Bonchev–Trinajstić information content (AvgIpc) is 2.03.